The van der Waals surface area contributed by atoms with Crippen molar-refractivity contribution in [2.45, 2.75) is 13.5 Å². The molecular weight excluding hydrogens is 390 g/mol. The molecule has 1 N–H and O–H groups in total. The van der Waals surface area contributed by atoms with Crippen molar-refractivity contribution in [1.82, 2.24) is 0 Å². The van der Waals surface area contributed by atoms with Crippen LogP contribution in [0.2, 0.25) is 5.02 Å². The third kappa shape index (κ3) is 4.50. The summed E-state index contributed by atoms with van der Waals surface area (Å²) in [4.78, 5) is 25.1. The lowest BCUT2D eigenvalue weighted by molar-refractivity contribution is 0.0602. The highest BCUT2D eigenvalue weighted by Gasteiger charge is 2.19. The Kier molecular flexibility index (Phi) is 5.83. The molecule has 1 amide bonds. The Morgan fingerprint density at radius 3 is 2.74 bits per heavy atom. The van der Waals surface area contributed by atoms with Crippen molar-refractivity contribution >= 4 is 39.8 Å². The molecule has 8 heteroatoms. The largest absolute Gasteiger partial charge is 0.484 e. The summed E-state index contributed by atoms with van der Waals surface area (Å²) >= 11 is 7.32. The predicted molar refractivity (Wildman–Crippen MR) is 103 cm³/mol. The van der Waals surface area contributed by atoms with Crippen LogP contribution in [0.15, 0.2) is 46.9 Å². The van der Waals surface area contributed by atoms with Crippen LogP contribution < -0.4 is 10.1 Å². The Labute approximate surface area is 164 Å². The number of furan rings is 1. The first-order valence-electron chi connectivity index (χ1n) is 7.94. The van der Waals surface area contributed by atoms with Crippen LogP contribution in [0.5, 0.6) is 5.75 Å². The SMILES string of the molecule is COC(=O)c1cc(C)sc1NC(=O)c1ccc(COc2ccccc2Cl)o1. The molecule has 2 aromatic heterocycles. The van der Waals surface area contributed by atoms with E-state index in [0.29, 0.717) is 27.1 Å². The monoisotopic (exact) mass is 405 g/mol. The highest BCUT2D eigenvalue weighted by atomic mass is 35.5. The van der Waals surface area contributed by atoms with Crippen molar-refractivity contribution in [2.24, 2.45) is 0 Å². The number of methoxy groups -OCH3 is 1. The van der Waals surface area contributed by atoms with Gasteiger partial charge >= 0.3 is 5.97 Å². The molecule has 0 atom stereocenters. The van der Waals surface area contributed by atoms with Crippen molar-refractivity contribution < 1.29 is 23.5 Å². The van der Waals surface area contributed by atoms with Crippen LogP contribution in [0.4, 0.5) is 5.00 Å². The number of amides is 1. The van der Waals surface area contributed by atoms with Gasteiger partial charge in [0.2, 0.25) is 0 Å². The molecule has 0 spiro atoms. The number of hydrogen-bond donors (Lipinski definition) is 1. The van der Waals surface area contributed by atoms with E-state index in [1.165, 1.54) is 18.4 Å². The van der Waals surface area contributed by atoms with Crippen LogP contribution in [0, 0.1) is 6.92 Å². The van der Waals surface area contributed by atoms with E-state index in [1.807, 2.05) is 13.0 Å². The van der Waals surface area contributed by atoms with Crippen molar-refractivity contribution in [3.05, 3.63) is 69.4 Å². The van der Waals surface area contributed by atoms with Crippen molar-refractivity contribution in [3.8, 4) is 5.75 Å². The molecule has 3 rings (SSSR count). The first-order valence-corrected chi connectivity index (χ1v) is 9.13. The normalized spacial score (nSPS) is 10.5. The highest BCUT2D eigenvalue weighted by molar-refractivity contribution is 7.16. The zero-order valence-electron chi connectivity index (χ0n) is 14.6. The average molecular weight is 406 g/mol. The smallest absolute Gasteiger partial charge is 0.340 e. The molecule has 0 fully saturated rings. The molecule has 3 aromatic rings. The summed E-state index contributed by atoms with van der Waals surface area (Å²) in [6.45, 7) is 1.96. The van der Waals surface area contributed by atoms with Gasteiger partial charge in [0.15, 0.2) is 5.76 Å². The number of para-hydroxylation sites is 1. The van der Waals surface area contributed by atoms with Crippen molar-refractivity contribution in [3.63, 3.8) is 0 Å². The number of hydrogen-bond acceptors (Lipinski definition) is 6. The van der Waals surface area contributed by atoms with Crippen molar-refractivity contribution in [2.75, 3.05) is 12.4 Å². The van der Waals surface area contributed by atoms with Gasteiger partial charge in [-0.25, -0.2) is 4.79 Å². The number of nitrogens with one attached hydrogen (secondary N) is 1. The predicted octanol–water partition coefficient (Wildman–Crippen LogP) is 4.92. The topological polar surface area (TPSA) is 77.8 Å². The molecule has 0 aliphatic heterocycles. The molecule has 2 heterocycles. The number of carbonyl (C=O) groups excluding carboxylic acids is 2. The standard InChI is InChI=1S/C19H16ClNO5S/c1-11-9-13(19(23)24-2)18(27-11)21-17(22)16-8-7-12(26-16)10-25-15-6-4-3-5-14(15)20/h3-9H,10H2,1-2H3,(H,21,22). The van der Waals surface area contributed by atoms with E-state index in [4.69, 9.17) is 25.5 Å². The third-order valence-corrected chi connectivity index (χ3v) is 4.86. The van der Waals surface area contributed by atoms with E-state index in [1.54, 1.807) is 36.4 Å². The first kappa shape index (κ1) is 19.0. The Bertz CT molecular complexity index is 978. The maximum atomic E-state index is 12.4. The molecule has 140 valence electrons. The maximum absolute atomic E-state index is 12.4. The molecular formula is C19H16ClNO5S. The molecule has 0 aliphatic carbocycles. The van der Waals surface area contributed by atoms with Crippen LogP contribution in [0.1, 0.15) is 31.6 Å². The van der Waals surface area contributed by atoms with Crippen molar-refractivity contribution in [1.29, 1.82) is 0 Å². The lowest BCUT2D eigenvalue weighted by Gasteiger charge is -2.06. The second kappa shape index (κ2) is 8.28. The number of esters is 1. The van der Waals surface area contributed by atoms with E-state index in [2.05, 4.69) is 5.32 Å². The number of benzene rings is 1. The number of anilines is 1. The minimum atomic E-state index is -0.511. The summed E-state index contributed by atoms with van der Waals surface area (Å²) in [7, 11) is 1.29. The lowest BCUT2D eigenvalue weighted by atomic mass is 10.3. The third-order valence-electron chi connectivity index (χ3n) is 3.58. The number of aryl methyl sites for hydroxylation is 1. The minimum absolute atomic E-state index is 0.106. The number of carbonyl (C=O) groups is 2. The van der Waals surface area contributed by atoms with Gasteiger partial charge in [0.05, 0.1) is 17.7 Å². The van der Waals surface area contributed by atoms with E-state index in [-0.39, 0.29) is 12.4 Å². The molecule has 0 saturated heterocycles. The molecule has 0 aliphatic rings. The lowest BCUT2D eigenvalue weighted by Crippen LogP contribution is -2.13. The quantitative estimate of drug-likeness (QED) is 0.589. The second-order valence-electron chi connectivity index (χ2n) is 5.53. The molecule has 6 nitrogen and oxygen atoms in total. The molecule has 0 unspecified atom stereocenters. The fourth-order valence-corrected chi connectivity index (χ4v) is 3.41. The number of rotatable bonds is 6. The average Bonchev–Trinajstić information content (AvgIpc) is 3.27. The zero-order valence-corrected chi connectivity index (χ0v) is 16.1. The maximum Gasteiger partial charge on any atom is 0.340 e. The van der Waals surface area contributed by atoms with Gasteiger partial charge in [-0.05, 0) is 37.3 Å². The second-order valence-corrected chi connectivity index (χ2v) is 7.19. The Balaban J connectivity index is 1.67. The van der Waals surface area contributed by atoms with Gasteiger partial charge in [-0.1, -0.05) is 23.7 Å². The minimum Gasteiger partial charge on any atom is -0.484 e. The van der Waals surface area contributed by atoms with E-state index in [9.17, 15) is 9.59 Å². The fraction of sp³-hybridized carbons (Fsp3) is 0.158. The van der Waals surface area contributed by atoms with Gasteiger partial charge in [-0.3, -0.25) is 4.79 Å². The first-order chi connectivity index (χ1) is 13.0. The molecule has 0 bridgehead atoms. The summed E-state index contributed by atoms with van der Waals surface area (Å²) in [6.07, 6.45) is 0. The molecule has 0 saturated carbocycles. The molecule has 27 heavy (non-hydrogen) atoms. The van der Waals surface area contributed by atoms with Gasteiger partial charge in [0.1, 0.15) is 23.1 Å². The summed E-state index contributed by atoms with van der Waals surface area (Å²) in [5.41, 5.74) is 0.308. The highest BCUT2D eigenvalue weighted by Crippen LogP contribution is 2.29. The Morgan fingerprint density at radius 1 is 1.22 bits per heavy atom. The summed E-state index contributed by atoms with van der Waals surface area (Å²) in [6, 6.07) is 11.9. The van der Waals surface area contributed by atoms with Gasteiger partial charge in [0, 0.05) is 4.88 Å². The van der Waals surface area contributed by atoms with E-state index >= 15 is 0 Å². The van der Waals surface area contributed by atoms with Gasteiger partial charge in [-0.2, -0.15) is 0 Å². The molecule has 0 radical (unpaired) electrons. The van der Waals surface area contributed by atoms with Gasteiger partial charge in [-0.15, -0.1) is 11.3 Å². The zero-order chi connectivity index (χ0) is 19.4. The van der Waals surface area contributed by atoms with Crippen LogP contribution in [0.3, 0.4) is 0 Å². The fourth-order valence-electron chi connectivity index (χ4n) is 2.32. The van der Waals surface area contributed by atoms with Gasteiger partial charge < -0.3 is 19.2 Å². The summed E-state index contributed by atoms with van der Waals surface area (Å²) in [5, 5.41) is 3.59. The van der Waals surface area contributed by atoms with Crippen LogP contribution in [-0.4, -0.2) is 19.0 Å². The summed E-state index contributed by atoms with van der Waals surface area (Å²) < 4.78 is 15.8. The van der Waals surface area contributed by atoms with E-state index in [0.717, 1.165) is 4.88 Å². The Hall–Kier alpha value is -2.77. The molecule has 1 aromatic carbocycles. The van der Waals surface area contributed by atoms with Crippen LogP contribution in [-0.2, 0) is 11.3 Å². The number of halogens is 1. The summed E-state index contributed by atoms with van der Waals surface area (Å²) in [5.74, 6) is 0.123. The Morgan fingerprint density at radius 2 is 2.00 bits per heavy atom. The van der Waals surface area contributed by atoms with Crippen LogP contribution >= 0.6 is 22.9 Å². The number of thiophene rings is 1. The van der Waals surface area contributed by atoms with E-state index < -0.39 is 11.9 Å². The van der Waals surface area contributed by atoms with Crippen LogP contribution in [0.25, 0.3) is 0 Å². The van der Waals surface area contributed by atoms with Gasteiger partial charge in [0.25, 0.3) is 5.91 Å². The number of ether oxygens (including phenoxy) is 2.